The Kier molecular flexibility index (Phi) is 10.9. The number of primary amides is 1. The molecule has 0 fully saturated rings. The Morgan fingerprint density at radius 2 is 1.59 bits per heavy atom. The standard InChI is InChI=1S/C32H45N3O5Si/c1-32(2,3)41(7,8)40-17-16-35(27(31(33)36)19-23-12-10-9-11-13-23)22-24-14-15-34-26(18-24)25-20-28(37-4)30(39-6)29(21-25)38-5/h9-15,18,20-21,27H,16-17,19,22H2,1-8H3,(H2,33,36)/t27-/m0/s1. The third kappa shape index (κ3) is 8.31. The number of nitrogens with zero attached hydrogens (tertiary/aromatic N) is 2. The van der Waals surface area contributed by atoms with E-state index in [4.69, 9.17) is 24.4 Å². The molecule has 1 amide bonds. The highest BCUT2D eigenvalue weighted by Crippen LogP contribution is 2.41. The lowest BCUT2D eigenvalue weighted by Crippen LogP contribution is -2.48. The third-order valence-corrected chi connectivity index (χ3v) is 12.4. The van der Waals surface area contributed by atoms with E-state index < -0.39 is 14.4 Å². The van der Waals surface area contributed by atoms with Crippen LogP contribution >= 0.6 is 0 Å². The molecule has 2 N–H and O–H groups in total. The van der Waals surface area contributed by atoms with Crippen LogP contribution < -0.4 is 19.9 Å². The smallest absolute Gasteiger partial charge is 0.235 e. The Balaban J connectivity index is 1.94. The van der Waals surface area contributed by atoms with Crippen molar-refractivity contribution in [3.8, 4) is 28.5 Å². The maximum Gasteiger partial charge on any atom is 0.235 e. The molecule has 0 aliphatic carbocycles. The number of carbonyl (C=O) groups excluding carboxylic acids is 1. The van der Waals surface area contributed by atoms with E-state index in [-0.39, 0.29) is 10.9 Å². The van der Waals surface area contributed by atoms with Gasteiger partial charge in [-0.15, -0.1) is 0 Å². The number of pyridine rings is 1. The minimum atomic E-state index is -1.97. The molecule has 41 heavy (non-hydrogen) atoms. The summed E-state index contributed by atoms with van der Waals surface area (Å²) in [4.78, 5) is 19.6. The van der Waals surface area contributed by atoms with Gasteiger partial charge in [-0.1, -0.05) is 51.1 Å². The molecule has 0 saturated heterocycles. The Bertz CT molecular complexity index is 1270. The number of methoxy groups -OCH3 is 3. The molecule has 0 aliphatic heterocycles. The largest absolute Gasteiger partial charge is 0.493 e. The molecule has 1 aromatic heterocycles. The fourth-order valence-electron chi connectivity index (χ4n) is 4.42. The zero-order valence-corrected chi connectivity index (χ0v) is 26.7. The van der Waals surface area contributed by atoms with Gasteiger partial charge in [-0.25, -0.2) is 0 Å². The van der Waals surface area contributed by atoms with Gasteiger partial charge >= 0.3 is 0 Å². The van der Waals surface area contributed by atoms with Crippen LogP contribution in [0.1, 0.15) is 31.9 Å². The predicted molar refractivity (Wildman–Crippen MR) is 166 cm³/mol. The van der Waals surface area contributed by atoms with Crippen molar-refractivity contribution in [2.45, 2.75) is 57.9 Å². The second-order valence-corrected chi connectivity index (χ2v) is 16.5. The minimum absolute atomic E-state index is 0.0887. The maximum absolute atomic E-state index is 12.8. The number of benzene rings is 2. The van der Waals surface area contributed by atoms with Gasteiger partial charge < -0.3 is 24.4 Å². The number of ether oxygens (including phenoxy) is 3. The van der Waals surface area contributed by atoms with E-state index in [1.165, 1.54) is 0 Å². The van der Waals surface area contributed by atoms with E-state index in [2.05, 4.69) is 43.7 Å². The molecule has 1 atom stereocenters. The second kappa shape index (κ2) is 14.0. The lowest BCUT2D eigenvalue weighted by Gasteiger charge is -2.37. The molecular weight excluding hydrogens is 534 g/mol. The number of aromatic nitrogens is 1. The van der Waals surface area contributed by atoms with Crippen LogP contribution in [0.4, 0.5) is 0 Å². The van der Waals surface area contributed by atoms with Crippen molar-refractivity contribution < 1.29 is 23.4 Å². The number of hydrogen-bond donors (Lipinski definition) is 1. The van der Waals surface area contributed by atoms with Crippen molar-refractivity contribution in [1.29, 1.82) is 0 Å². The lowest BCUT2D eigenvalue weighted by molar-refractivity contribution is -0.123. The Hall–Kier alpha value is -3.40. The van der Waals surface area contributed by atoms with Gasteiger partial charge in [0.25, 0.3) is 0 Å². The average Bonchev–Trinajstić information content (AvgIpc) is 2.94. The van der Waals surface area contributed by atoms with E-state index in [0.29, 0.717) is 43.4 Å². The topological polar surface area (TPSA) is 96.1 Å². The van der Waals surface area contributed by atoms with Gasteiger partial charge in [0.2, 0.25) is 11.7 Å². The van der Waals surface area contributed by atoms with Crippen molar-refractivity contribution in [3.63, 3.8) is 0 Å². The van der Waals surface area contributed by atoms with Crippen molar-refractivity contribution in [3.05, 3.63) is 71.9 Å². The van der Waals surface area contributed by atoms with E-state index in [1.54, 1.807) is 27.5 Å². The SMILES string of the molecule is COc1cc(-c2cc(CN(CCO[Si](C)(C)C(C)(C)C)[C@@H](Cc3ccccc3)C(N)=O)ccn2)cc(OC)c1OC. The molecule has 1 heterocycles. The summed E-state index contributed by atoms with van der Waals surface area (Å²) in [6.45, 7) is 12.7. The number of nitrogens with two attached hydrogens (primary N) is 1. The second-order valence-electron chi connectivity index (χ2n) is 11.7. The Morgan fingerprint density at radius 3 is 2.12 bits per heavy atom. The van der Waals surface area contributed by atoms with Crippen LogP contribution in [0.15, 0.2) is 60.8 Å². The maximum atomic E-state index is 12.8. The number of amides is 1. The van der Waals surface area contributed by atoms with Crippen molar-refractivity contribution in [2.24, 2.45) is 5.73 Å². The van der Waals surface area contributed by atoms with E-state index >= 15 is 0 Å². The van der Waals surface area contributed by atoms with E-state index in [0.717, 1.165) is 22.4 Å². The molecule has 0 bridgehead atoms. The highest BCUT2D eigenvalue weighted by atomic mass is 28.4. The van der Waals surface area contributed by atoms with Gasteiger partial charge in [-0.2, -0.15) is 0 Å². The minimum Gasteiger partial charge on any atom is -0.493 e. The van der Waals surface area contributed by atoms with E-state index in [1.807, 2.05) is 54.6 Å². The van der Waals surface area contributed by atoms with Gasteiger partial charge in [0.1, 0.15) is 0 Å². The van der Waals surface area contributed by atoms with Crippen LogP contribution in [-0.2, 0) is 22.2 Å². The summed E-state index contributed by atoms with van der Waals surface area (Å²) in [5, 5.41) is 0.0887. The van der Waals surface area contributed by atoms with Crippen LogP contribution in [0.5, 0.6) is 17.2 Å². The molecule has 9 heteroatoms. The molecule has 0 radical (unpaired) electrons. The first kappa shape index (κ1) is 32.1. The molecule has 3 rings (SSSR count). The van der Waals surface area contributed by atoms with Gasteiger partial charge in [-0.05, 0) is 59.9 Å². The van der Waals surface area contributed by atoms with Gasteiger partial charge in [0, 0.05) is 31.5 Å². The van der Waals surface area contributed by atoms with Crippen LogP contribution in [0, 0.1) is 0 Å². The molecule has 0 unspecified atom stereocenters. The molecular formula is C32H45N3O5Si. The van der Waals surface area contributed by atoms with E-state index in [9.17, 15) is 4.79 Å². The monoisotopic (exact) mass is 579 g/mol. The molecule has 0 aliphatic rings. The van der Waals surface area contributed by atoms with Crippen LogP contribution in [-0.4, -0.2) is 64.6 Å². The third-order valence-electron chi connectivity index (χ3n) is 7.86. The number of carbonyl (C=O) groups is 1. The quantitative estimate of drug-likeness (QED) is 0.245. The van der Waals surface area contributed by atoms with Gasteiger partial charge in [-0.3, -0.25) is 14.7 Å². The molecule has 0 spiro atoms. The summed E-state index contributed by atoms with van der Waals surface area (Å²) in [5.41, 5.74) is 9.64. The molecule has 3 aromatic rings. The summed E-state index contributed by atoms with van der Waals surface area (Å²) < 4.78 is 23.1. The number of rotatable bonds is 14. The van der Waals surface area contributed by atoms with Gasteiger partial charge in [0.05, 0.1) is 33.1 Å². The Morgan fingerprint density at radius 1 is 0.951 bits per heavy atom. The summed E-state index contributed by atoms with van der Waals surface area (Å²) >= 11 is 0. The zero-order valence-electron chi connectivity index (χ0n) is 25.7. The number of hydrogen-bond acceptors (Lipinski definition) is 7. The fraction of sp³-hybridized carbons (Fsp3) is 0.438. The summed E-state index contributed by atoms with van der Waals surface area (Å²) in [6.07, 6.45) is 2.29. The molecule has 0 saturated carbocycles. The first-order valence-corrected chi connectivity index (χ1v) is 16.8. The van der Waals surface area contributed by atoms with Crippen molar-refractivity contribution in [2.75, 3.05) is 34.5 Å². The first-order valence-electron chi connectivity index (χ1n) is 13.9. The van der Waals surface area contributed by atoms with Crippen LogP contribution in [0.2, 0.25) is 18.1 Å². The normalized spacial score (nSPS) is 12.7. The van der Waals surface area contributed by atoms with Crippen molar-refractivity contribution in [1.82, 2.24) is 9.88 Å². The van der Waals surface area contributed by atoms with Crippen LogP contribution in [0.3, 0.4) is 0 Å². The first-order chi connectivity index (χ1) is 19.4. The molecule has 222 valence electrons. The predicted octanol–water partition coefficient (Wildman–Crippen LogP) is 5.69. The summed E-state index contributed by atoms with van der Waals surface area (Å²) in [5.74, 6) is 1.26. The van der Waals surface area contributed by atoms with Crippen molar-refractivity contribution >= 4 is 14.2 Å². The zero-order chi connectivity index (χ0) is 30.2. The van der Waals surface area contributed by atoms with Crippen LogP contribution in [0.25, 0.3) is 11.3 Å². The highest BCUT2D eigenvalue weighted by molar-refractivity contribution is 6.74. The fourth-order valence-corrected chi connectivity index (χ4v) is 5.46. The average molecular weight is 580 g/mol. The lowest BCUT2D eigenvalue weighted by atomic mass is 10.0. The Labute approximate surface area is 245 Å². The summed E-state index contributed by atoms with van der Waals surface area (Å²) in [6, 6.07) is 17.2. The summed E-state index contributed by atoms with van der Waals surface area (Å²) in [7, 11) is 2.79. The van der Waals surface area contributed by atoms with Gasteiger partial charge in [0.15, 0.2) is 19.8 Å². The molecule has 8 nitrogen and oxygen atoms in total. The highest BCUT2D eigenvalue weighted by Gasteiger charge is 2.37. The molecule has 2 aromatic carbocycles.